The van der Waals surface area contributed by atoms with Crippen LogP contribution >= 0.6 is 0 Å². The molecule has 0 fully saturated rings. The van der Waals surface area contributed by atoms with Crippen molar-refractivity contribution in [3.8, 4) is 11.5 Å². The summed E-state index contributed by atoms with van der Waals surface area (Å²) in [6.07, 6.45) is 2.08. The molecule has 0 saturated heterocycles. The van der Waals surface area contributed by atoms with E-state index < -0.39 is 0 Å². The fraction of sp³-hybridized carbons (Fsp3) is 0.467. The van der Waals surface area contributed by atoms with E-state index in [1.54, 1.807) is 0 Å². The third-order valence-electron chi connectivity index (χ3n) is 5.30. The first kappa shape index (κ1) is 35.9. The Morgan fingerprint density at radius 3 is 1.24 bits per heavy atom. The van der Waals surface area contributed by atoms with E-state index in [1.165, 1.54) is 11.1 Å². The predicted octanol–water partition coefficient (Wildman–Crippen LogP) is 8.40. The zero-order chi connectivity index (χ0) is 27.4. The van der Waals surface area contributed by atoms with E-state index in [9.17, 15) is 0 Å². The molecular weight excluding hydrogens is 579 g/mol. The number of allylic oxidation sites excluding steroid dienone is 2. The van der Waals surface area contributed by atoms with Crippen LogP contribution < -0.4 is 9.47 Å². The summed E-state index contributed by atoms with van der Waals surface area (Å²) in [6.45, 7) is 18.0. The van der Waals surface area contributed by atoms with Crippen molar-refractivity contribution in [1.82, 2.24) is 0 Å². The number of rotatable bonds is 10. The summed E-state index contributed by atoms with van der Waals surface area (Å²) >= 11 is 21.1. The molecule has 0 radical (unpaired) electrons. The summed E-state index contributed by atoms with van der Waals surface area (Å²) in [5.41, 5.74) is 4.22. The molecule has 0 amide bonds. The summed E-state index contributed by atoms with van der Waals surface area (Å²) < 4.78 is 11.7. The molecule has 0 heterocycles. The van der Waals surface area contributed by atoms with Crippen LogP contribution in [0.2, 0.25) is 0 Å². The van der Waals surface area contributed by atoms with Crippen LogP contribution in [0.3, 0.4) is 0 Å². The molecule has 0 saturated carbocycles. The van der Waals surface area contributed by atoms with Crippen molar-refractivity contribution >= 4 is 60.3 Å². The number of benzene rings is 2. The topological polar surface area (TPSA) is 18.5 Å². The van der Waals surface area contributed by atoms with Crippen LogP contribution in [0, 0.1) is 25.7 Å². The Morgan fingerprint density at radius 2 is 0.973 bits per heavy atom. The van der Waals surface area contributed by atoms with Gasteiger partial charge in [-0.2, -0.15) is 9.81 Å². The van der Waals surface area contributed by atoms with Crippen molar-refractivity contribution in [2.45, 2.75) is 68.2 Å². The largest absolute Gasteiger partial charge is 0.785 e. The average molecular weight is 620 g/mol. The zero-order valence-electron chi connectivity index (χ0n) is 23.2. The minimum Gasteiger partial charge on any atom is -0.785 e. The monoisotopic (exact) mass is 618 g/mol. The van der Waals surface area contributed by atoms with Gasteiger partial charge in [0, 0.05) is 16.5 Å². The molecule has 2 nitrogen and oxygen atoms in total. The summed E-state index contributed by atoms with van der Waals surface area (Å²) in [4.78, 5) is 2.91. The van der Waals surface area contributed by atoms with Gasteiger partial charge in [-0.3, -0.25) is 0 Å². The van der Waals surface area contributed by atoms with Gasteiger partial charge in [-0.25, -0.2) is 9.81 Å². The van der Waals surface area contributed by atoms with Gasteiger partial charge in [0.25, 0.3) is 0 Å². The molecule has 0 aliphatic heterocycles. The normalized spacial score (nSPS) is 12.2. The van der Waals surface area contributed by atoms with E-state index in [0.29, 0.717) is 34.9 Å². The number of aryl methyl sites for hydroxylation is 2. The van der Waals surface area contributed by atoms with E-state index in [1.807, 2.05) is 64.1 Å². The molecule has 0 bridgehead atoms. The van der Waals surface area contributed by atoms with E-state index in [2.05, 4.69) is 27.7 Å². The first-order chi connectivity index (χ1) is 16.8. The molecule has 0 atom stereocenters. The maximum atomic E-state index is 5.83. The van der Waals surface area contributed by atoms with Crippen LogP contribution in [0.1, 0.15) is 76.6 Å². The summed E-state index contributed by atoms with van der Waals surface area (Å²) in [7, 11) is 0. The van der Waals surface area contributed by atoms with E-state index in [4.69, 9.17) is 60.0 Å². The zero-order valence-corrected chi connectivity index (χ0v) is 27.5. The quantitative estimate of drug-likeness (QED) is 0.195. The van der Waals surface area contributed by atoms with Crippen LogP contribution in [0.25, 0.3) is 9.81 Å². The van der Waals surface area contributed by atoms with Gasteiger partial charge in [0.15, 0.2) is 0 Å². The number of hydrogen-bond donors (Lipinski definition) is 0. The maximum Gasteiger partial charge on any atom is 0.124 e. The Balaban J connectivity index is 0.000000682. The van der Waals surface area contributed by atoms with Gasteiger partial charge in [-0.1, -0.05) is 64.8 Å². The first-order valence-electron chi connectivity index (χ1n) is 12.4. The SMILES string of the molecule is C/C([S-])=C(/[S-])c1cc(C)ccc1OCCC(C)C.C/C([S-])=C(/[S-])c1cc(C)ccc1OCCC(C)C.[Ni]. The fourth-order valence-electron chi connectivity index (χ4n) is 3.08. The Bertz CT molecular complexity index is 954. The molecule has 2 aromatic carbocycles. The van der Waals surface area contributed by atoms with Gasteiger partial charge in [-0.05, 0) is 73.9 Å². The van der Waals surface area contributed by atoms with Crippen LogP contribution in [-0.2, 0) is 67.0 Å². The molecule has 0 aliphatic rings. The van der Waals surface area contributed by atoms with Crippen LogP contribution in [0.5, 0.6) is 11.5 Å². The minimum atomic E-state index is 0. The molecule has 0 unspecified atom stereocenters. The third kappa shape index (κ3) is 13.5. The third-order valence-corrected chi connectivity index (χ3v) is 7.02. The number of hydrogen-bond acceptors (Lipinski definition) is 6. The second-order valence-corrected chi connectivity index (χ2v) is 11.9. The van der Waals surface area contributed by atoms with E-state index >= 15 is 0 Å². The summed E-state index contributed by atoms with van der Waals surface area (Å²) in [6, 6.07) is 12.1. The van der Waals surface area contributed by atoms with Gasteiger partial charge >= 0.3 is 0 Å². The molecule has 210 valence electrons. The van der Waals surface area contributed by atoms with Crippen molar-refractivity contribution < 1.29 is 26.0 Å². The Labute approximate surface area is 258 Å². The van der Waals surface area contributed by atoms with Gasteiger partial charge in [0.2, 0.25) is 0 Å². The van der Waals surface area contributed by atoms with E-state index in [-0.39, 0.29) is 16.5 Å². The van der Waals surface area contributed by atoms with Crippen molar-refractivity contribution in [3.05, 3.63) is 68.5 Å². The van der Waals surface area contributed by atoms with Gasteiger partial charge in [0.1, 0.15) is 11.5 Å². The molecule has 2 rings (SSSR count). The van der Waals surface area contributed by atoms with Crippen molar-refractivity contribution in [2.24, 2.45) is 11.8 Å². The molecule has 2 aromatic rings. The molecule has 0 aromatic heterocycles. The predicted molar refractivity (Wildman–Crippen MR) is 167 cm³/mol. The van der Waals surface area contributed by atoms with Gasteiger partial charge in [-0.15, -0.1) is 0 Å². The van der Waals surface area contributed by atoms with Crippen LogP contribution in [0.15, 0.2) is 46.2 Å². The van der Waals surface area contributed by atoms with Crippen LogP contribution in [0.4, 0.5) is 0 Å². The molecule has 0 spiro atoms. The molecule has 0 aliphatic carbocycles. The molecule has 0 N–H and O–H groups in total. The summed E-state index contributed by atoms with van der Waals surface area (Å²) in [5.74, 6) is 2.96. The fourth-order valence-corrected chi connectivity index (χ4v) is 3.62. The second-order valence-electron chi connectivity index (χ2n) is 9.83. The van der Waals surface area contributed by atoms with Crippen LogP contribution in [-0.4, -0.2) is 13.2 Å². The minimum absolute atomic E-state index is 0. The molecule has 7 heteroatoms. The van der Waals surface area contributed by atoms with E-state index in [0.717, 1.165) is 45.3 Å². The number of ether oxygens (including phenoxy) is 2. The Kier molecular flexibility index (Phi) is 17.7. The first-order valence-corrected chi connectivity index (χ1v) is 14.0. The smallest absolute Gasteiger partial charge is 0.124 e. The Morgan fingerprint density at radius 1 is 0.649 bits per heavy atom. The summed E-state index contributed by atoms with van der Waals surface area (Å²) in [5, 5.41) is 0. The maximum absolute atomic E-state index is 5.83. The van der Waals surface area contributed by atoms with Gasteiger partial charge in [0.05, 0.1) is 13.2 Å². The second kappa shape index (κ2) is 18.2. The standard InChI is InChI=1S/2C15H22OS2.Ni/c2*1-10(2)7-8-16-14-6-5-11(3)9-13(14)15(18)12(4)17;/h2*5-6,9-10,17-18H,7-8H2,1-4H3;/p-4/b2*15-12-;. The average Bonchev–Trinajstić information content (AvgIpc) is 2.79. The van der Waals surface area contributed by atoms with Crippen molar-refractivity contribution in [2.75, 3.05) is 13.2 Å². The van der Waals surface area contributed by atoms with Crippen molar-refractivity contribution in [3.63, 3.8) is 0 Å². The molecular formula is C30H40NiO2S4-4. The van der Waals surface area contributed by atoms with Gasteiger partial charge < -0.3 is 60.0 Å². The molecule has 37 heavy (non-hydrogen) atoms. The van der Waals surface area contributed by atoms with Crippen molar-refractivity contribution in [1.29, 1.82) is 0 Å². The Hall–Kier alpha value is -1.11.